The molecule has 19 heteroatoms. The number of ether oxygens (including phenoxy) is 4. The Balaban J connectivity index is 5.25. The molecule has 0 saturated carbocycles. The van der Waals surface area contributed by atoms with Crippen molar-refractivity contribution in [2.24, 2.45) is 11.8 Å². The van der Waals surface area contributed by atoms with Crippen LogP contribution in [0.25, 0.3) is 0 Å². The van der Waals surface area contributed by atoms with Crippen molar-refractivity contribution in [3.63, 3.8) is 0 Å². The molecule has 0 aromatic carbocycles. The number of unbranched alkanes of at least 4 members (excludes halogenated alkanes) is 46. The number of rotatable bonds is 76. The van der Waals surface area contributed by atoms with Gasteiger partial charge in [-0.15, -0.1) is 0 Å². The number of aliphatic hydroxyl groups is 1. The lowest BCUT2D eigenvalue weighted by atomic mass is 10.0. The van der Waals surface area contributed by atoms with Crippen LogP contribution in [-0.2, 0) is 65.4 Å². The Morgan fingerprint density at radius 3 is 0.708 bits per heavy atom. The molecule has 570 valence electrons. The number of hydrogen-bond donors (Lipinski definition) is 3. The Hall–Kier alpha value is -1.94. The molecular formula is C77H150O17P2. The molecule has 3 N–H and O–H groups in total. The van der Waals surface area contributed by atoms with Gasteiger partial charge in [0.05, 0.1) is 26.4 Å². The Bertz CT molecular complexity index is 1860. The number of phosphoric ester groups is 2. The van der Waals surface area contributed by atoms with E-state index in [4.69, 9.17) is 37.0 Å². The summed E-state index contributed by atoms with van der Waals surface area (Å²) in [5, 5.41) is 10.6. The van der Waals surface area contributed by atoms with Crippen molar-refractivity contribution in [2.75, 3.05) is 39.6 Å². The van der Waals surface area contributed by atoms with E-state index in [9.17, 15) is 43.2 Å². The van der Waals surface area contributed by atoms with Gasteiger partial charge in [-0.2, -0.15) is 0 Å². The van der Waals surface area contributed by atoms with Gasteiger partial charge in [0.15, 0.2) is 12.2 Å². The monoisotopic (exact) mass is 1410 g/mol. The van der Waals surface area contributed by atoms with Gasteiger partial charge >= 0.3 is 39.5 Å². The quantitative estimate of drug-likeness (QED) is 0.0222. The van der Waals surface area contributed by atoms with Crippen LogP contribution in [-0.4, -0.2) is 96.7 Å². The summed E-state index contributed by atoms with van der Waals surface area (Å²) in [6, 6.07) is 0. The van der Waals surface area contributed by atoms with Gasteiger partial charge in [0.2, 0.25) is 0 Å². The predicted molar refractivity (Wildman–Crippen MR) is 391 cm³/mol. The van der Waals surface area contributed by atoms with E-state index in [0.29, 0.717) is 25.7 Å². The fourth-order valence-electron chi connectivity index (χ4n) is 11.8. The third-order valence-electron chi connectivity index (χ3n) is 18.0. The van der Waals surface area contributed by atoms with E-state index in [0.717, 1.165) is 102 Å². The number of carbonyl (C=O) groups excluding carboxylic acids is 4. The van der Waals surface area contributed by atoms with Gasteiger partial charge in [-0.25, -0.2) is 9.13 Å². The molecule has 0 radical (unpaired) electrons. The SMILES string of the molecule is CCCCCCCCCCCCCCCCC(=O)O[C@H](COC(=O)CCCCCCCCCCCC)COP(=O)(O)OC[C@H](O)COP(=O)(O)OC[C@@H](COC(=O)CCCCCCCCCCCCCCCC(C)C)OC(=O)CCCCCCCCCCCCCCCC(C)C. The minimum Gasteiger partial charge on any atom is -0.462 e. The molecule has 0 aliphatic heterocycles. The zero-order valence-electron chi connectivity index (χ0n) is 62.7. The Morgan fingerprint density at radius 1 is 0.281 bits per heavy atom. The van der Waals surface area contributed by atoms with E-state index in [1.807, 2.05) is 0 Å². The standard InChI is InChI=1S/C77H150O17P2/c1-7-9-11-13-15-17-19-20-25-31-37-43-49-55-61-76(81)93-72(65-87-74(79)59-53-47-41-35-18-16-14-12-10-8-2)67-91-95(83,84)89-63-71(78)64-90-96(85,86)92-68-73(94-77(82)62-56-50-44-38-32-27-22-24-29-34-40-46-52-58-70(5)6)66-88-75(80)60-54-48-42-36-30-26-21-23-28-33-39-45-51-57-69(3)4/h69-73,78H,7-68H2,1-6H3,(H,83,84)(H,85,86)/t71-,72+,73+/m0/s1. The maximum absolute atomic E-state index is 13.1. The summed E-state index contributed by atoms with van der Waals surface area (Å²) < 4.78 is 68.6. The highest BCUT2D eigenvalue weighted by Gasteiger charge is 2.30. The molecule has 0 aliphatic carbocycles. The van der Waals surface area contributed by atoms with Gasteiger partial charge in [-0.3, -0.25) is 37.3 Å². The Kier molecular flexibility index (Phi) is 67.4. The normalized spacial score (nSPS) is 14.0. The molecule has 0 amide bonds. The van der Waals surface area contributed by atoms with Crippen molar-refractivity contribution in [1.82, 2.24) is 0 Å². The first-order valence-corrected chi connectivity index (χ1v) is 43.0. The van der Waals surface area contributed by atoms with Crippen LogP contribution in [0.3, 0.4) is 0 Å². The minimum atomic E-state index is -4.96. The second kappa shape index (κ2) is 68.8. The Labute approximate surface area is 588 Å². The van der Waals surface area contributed by atoms with E-state index in [-0.39, 0.29) is 25.7 Å². The highest BCUT2D eigenvalue weighted by Crippen LogP contribution is 2.45. The molecule has 0 aliphatic rings. The summed E-state index contributed by atoms with van der Waals surface area (Å²) >= 11 is 0. The van der Waals surface area contributed by atoms with Crippen LogP contribution in [0.2, 0.25) is 0 Å². The van der Waals surface area contributed by atoms with Gasteiger partial charge < -0.3 is 33.8 Å². The molecule has 0 bridgehead atoms. The highest BCUT2D eigenvalue weighted by molar-refractivity contribution is 7.47. The van der Waals surface area contributed by atoms with Crippen LogP contribution in [0.15, 0.2) is 0 Å². The number of phosphoric acid groups is 2. The van der Waals surface area contributed by atoms with Gasteiger partial charge in [0.1, 0.15) is 19.3 Å². The molecule has 0 rings (SSSR count). The van der Waals surface area contributed by atoms with E-state index < -0.39 is 97.5 Å². The van der Waals surface area contributed by atoms with E-state index >= 15 is 0 Å². The highest BCUT2D eigenvalue weighted by atomic mass is 31.2. The van der Waals surface area contributed by atoms with Crippen LogP contribution < -0.4 is 0 Å². The molecule has 0 fully saturated rings. The second-order valence-electron chi connectivity index (χ2n) is 28.7. The van der Waals surface area contributed by atoms with Gasteiger partial charge in [0, 0.05) is 25.7 Å². The molecule has 0 saturated heterocycles. The topological polar surface area (TPSA) is 237 Å². The lowest BCUT2D eigenvalue weighted by molar-refractivity contribution is -0.161. The first-order chi connectivity index (χ1) is 46.4. The van der Waals surface area contributed by atoms with Crippen molar-refractivity contribution in [3.05, 3.63) is 0 Å². The summed E-state index contributed by atoms with van der Waals surface area (Å²) in [6.45, 7) is 9.64. The molecule has 0 spiro atoms. The maximum Gasteiger partial charge on any atom is 0.472 e. The summed E-state index contributed by atoms with van der Waals surface area (Å²) in [7, 11) is -9.91. The van der Waals surface area contributed by atoms with E-state index in [1.54, 1.807) is 0 Å². The average Bonchev–Trinajstić information content (AvgIpc) is 2.45. The summed E-state index contributed by atoms with van der Waals surface area (Å²) in [5.74, 6) is -0.534. The molecular weight excluding hydrogens is 1260 g/mol. The zero-order chi connectivity index (χ0) is 70.7. The lowest BCUT2D eigenvalue weighted by Gasteiger charge is -2.21. The number of esters is 4. The van der Waals surface area contributed by atoms with E-state index in [2.05, 4.69) is 41.5 Å². The van der Waals surface area contributed by atoms with Crippen molar-refractivity contribution in [2.45, 2.75) is 419 Å². The Morgan fingerprint density at radius 2 is 0.479 bits per heavy atom. The van der Waals surface area contributed by atoms with Crippen molar-refractivity contribution < 1.29 is 80.2 Å². The van der Waals surface area contributed by atoms with Crippen LogP contribution in [0, 0.1) is 11.8 Å². The smallest absolute Gasteiger partial charge is 0.462 e. The summed E-state index contributed by atoms with van der Waals surface area (Å²) in [4.78, 5) is 72.9. The number of carbonyl (C=O) groups is 4. The molecule has 96 heavy (non-hydrogen) atoms. The largest absolute Gasteiger partial charge is 0.472 e. The van der Waals surface area contributed by atoms with Crippen LogP contribution in [0.5, 0.6) is 0 Å². The molecule has 17 nitrogen and oxygen atoms in total. The predicted octanol–water partition coefficient (Wildman–Crippen LogP) is 22.7. The van der Waals surface area contributed by atoms with Gasteiger partial charge in [-0.05, 0) is 37.5 Å². The molecule has 5 atom stereocenters. The fourth-order valence-corrected chi connectivity index (χ4v) is 13.4. The third kappa shape index (κ3) is 70.5. The summed E-state index contributed by atoms with van der Waals surface area (Å²) in [6.07, 6.45) is 56.7. The van der Waals surface area contributed by atoms with Crippen LogP contribution in [0.1, 0.15) is 401 Å². The lowest BCUT2D eigenvalue weighted by Crippen LogP contribution is -2.30. The molecule has 2 unspecified atom stereocenters. The van der Waals surface area contributed by atoms with Crippen molar-refractivity contribution in [3.8, 4) is 0 Å². The second-order valence-corrected chi connectivity index (χ2v) is 31.6. The van der Waals surface area contributed by atoms with Crippen LogP contribution in [0.4, 0.5) is 0 Å². The molecule has 0 aromatic rings. The third-order valence-corrected chi connectivity index (χ3v) is 19.9. The molecule has 0 heterocycles. The number of hydrogen-bond acceptors (Lipinski definition) is 15. The zero-order valence-corrected chi connectivity index (χ0v) is 64.5. The van der Waals surface area contributed by atoms with E-state index in [1.165, 1.54) is 218 Å². The first kappa shape index (κ1) is 94.1. The fraction of sp³-hybridized carbons (Fsp3) is 0.948. The van der Waals surface area contributed by atoms with Crippen molar-refractivity contribution >= 4 is 39.5 Å². The maximum atomic E-state index is 13.1. The first-order valence-electron chi connectivity index (χ1n) is 40.0. The minimum absolute atomic E-state index is 0.108. The molecule has 0 aromatic heterocycles. The van der Waals surface area contributed by atoms with Crippen molar-refractivity contribution in [1.29, 1.82) is 0 Å². The summed E-state index contributed by atoms with van der Waals surface area (Å²) in [5.41, 5.74) is 0. The van der Waals surface area contributed by atoms with Gasteiger partial charge in [-0.1, -0.05) is 350 Å². The van der Waals surface area contributed by atoms with Crippen LogP contribution >= 0.6 is 15.6 Å². The number of aliphatic hydroxyl groups excluding tert-OH is 1. The van der Waals surface area contributed by atoms with Gasteiger partial charge in [0.25, 0.3) is 0 Å². The average molecular weight is 1410 g/mol.